The Hall–Kier alpha value is -3.74. The molecule has 0 fully saturated rings. The molecule has 2 aromatic carbocycles. The summed E-state index contributed by atoms with van der Waals surface area (Å²) in [5.74, 6) is -0.211. The maximum absolute atomic E-state index is 13.0. The highest BCUT2D eigenvalue weighted by Crippen LogP contribution is 2.32. The molecule has 7 nitrogen and oxygen atoms in total. The van der Waals surface area contributed by atoms with E-state index in [0.29, 0.717) is 28.8 Å². The van der Waals surface area contributed by atoms with Crippen LogP contribution in [0.15, 0.2) is 42.6 Å². The number of carbonyl (C=O) groups is 2. The number of H-pyrrole nitrogens is 2. The first-order valence-corrected chi connectivity index (χ1v) is 9.60. The minimum atomic E-state index is -0.872. The van der Waals surface area contributed by atoms with Crippen LogP contribution in [0.5, 0.6) is 11.5 Å². The molecule has 0 aliphatic rings. The Morgan fingerprint density at radius 3 is 2.60 bits per heavy atom. The number of esters is 1. The van der Waals surface area contributed by atoms with Gasteiger partial charge in [-0.05, 0) is 36.8 Å². The van der Waals surface area contributed by atoms with E-state index in [9.17, 15) is 9.59 Å². The maximum Gasteiger partial charge on any atom is 0.379 e. The Morgan fingerprint density at radius 2 is 1.87 bits per heavy atom. The van der Waals surface area contributed by atoms with E-state index in [0.717, 1.165) is 27.7 Å². The Balaban J connectivity index is 1.85. The third kappa shape index (κ3) is 3.28. The predicted octanol–water partition coefficient (Wildman–Crippen LogP) is 4.00. The van der Waals surface area contributed by atoms with Gasteiger partial charge in [0.05, 0.1) is 31.9 Å². The monoisotopic (exact) mass is 406 g/mol. The fourth-order valence-corrected chi connectivity index (χ4v) is 3.74. The average Bonchev–Trinajstić information content (AvgIpc) is 3.34. The molecule has 0 radical (unpaired) electrons. The highest BCUT2D eigenvalue weighted by molar-refractivity contribution is 6.43. The molecule has 0 unspecified atom stereocenters. The van der Waals surface area contributed by atoms with Gasteiger partial charge in [-0.25, -0.2) is 4.79 Å². The summed E-state index contributed by atoms with van der Waals surface area (Å²) >= 11 is 0. The summed E-state index contributed by atoms with van der Waals surface area (Å²) in [6.07, 6.45) is 2.31. The smallest absolute Gasteiger partial charge is 0.379 e. The molecule has 2 heterocycles. The van der Waals surface area contributed by atoms with Crippen LogP contribution in [0.4, 0.5) is 0 Å². The molecule has 0 bridgehead atoms. The van der Waals surface area contributed by atoms with Crippen molar-refractivity contribution in [1.82, 2.24) is 9.97 Å². The highest BCUT2D eigenvalue weighted by Gasteiger charge is 2.26. The molecule has 2 N–H and O–H groups in total. The topological polar surface area (TPSA) is 93.4 Å². The van der Waals surface area contributed by atoms with E-state index >= 15 is 0 Å². The number of Topliss-reactive ketones (excluding diaryl/α,β-unsaturated/α-hetero) is 1. The van der Waals surface area contributed by atoms with Gasteiger partial charge in [-0.15, -0.1) is 0 Å². The summed E-state index contributed by atoms with van der Waals surface area (Å²) < 4.78 is 15.7. The molecular weight excluding hydrogens is 384 g/mol. The summed E-state index contributed by atoms with van der Waals surface area (Å²) in [6.45, 7) is 1.80. The van der Waals surface area contributed by atoms with Crippen molar-refractivity contribution in [3.63, 3.8) is 0 Å². The fraction of sp³-hybridized carbons (Fsp3) is 0.217. The molecule has 30 heavy (non-hydrogen) atoms. The zero-order valence-electron chi connectivity index (χ0n) is 17.0. The Kier molecular flexibility index (Phi) is 5.18. The van der Waals surface area contributed by atoms with E-state index in [4.69, 9.17) is 14.2 Å². The Bertz CT molecular complexity index is 1250. The summed E-state index contributed by atoms with van der Waals surface area (Å²) in [6, 6.07) is 11.2. The van der Waals surface area contributed by atoms with Crippen molar-refractivity contribution in [2.75, 3.05) is 20.8 Å². The molecule has 0 aliphatic heterocycles. The number of aromatic amines is 2. The molecule has 0 amide bonds. The predicted molar refractivity (Wildman–Crippen MR) is 113 cm³/mol. The first kappa shape index (κ1) is 19.6. The SMILES string of the molecule is CCOC(=O)C(=O)c1c(Cc2c[nH]c3c(OC)cccc23)[nH]c2ccc(OC)cc12. The largest absolute Gasteiger partial charge is 0.497 e. The summed E-state index contributed by atoms with van der Waals surface area (Å²) in [4.78, 5) is 31.7. The van der Waals surface area contributed by atoms with Crippen molar-refractivity contribution in [3.05, 3.63) is 59.4 Å². The third-order valence-corrected chi connectivity index (χ3v) is 5.12. The van der Waals surface area contributed by atoms with Gasteiger partial charge in [-0.3, -0.25) is 4.79 Å². The van der Waals surface area contributed by atoms with E-state index in [1.54, 1.807) is 33.3 Å². The lowest BCUT2D eigenvalue weighted by molar-refractivity contribution is -0.137. The van der Waals surface area contributed by atoms with Crippen molar-refractivity contribution >= 4 is 33.6 Å². The summed E-state index contributed by atoms with van der Waals surface area (Å²) in [5.41, 5.74) is 3.54. The fourth-order valence-electron chi connectivity index (χ4n) is 3.74. The van der Waals surface area contributed by atoms with Crippen LogP contribution in [0.1, 0.15) is 28.5 Å². The summed E-state index contributed by atoms with van der Waals surface area (Å²) in [5, 5.41) is 1.61. The van der Waals surface area contributed by atoms with Gasteiger partial charge in [-0.1, -0.05) is 12.1 Å². The molecule has 4 rings (SSSR count). The molecule has 0 atom stereocenters. The van der Waals surface area contributed by atoms with Gasteiger partial charge in [-0.2, -0.15) is 0 Å². The lowest BCUT2D eigenvalue weighted by Gasteiger charge is -2.05. The second-order valence-electron chi connectivity index (χ2n) is 6.81. The van der Waals surface area contributed by atoms with Crippen LogP contribution in [0.3, 0.4) is 0 Å². The van der Waals surface area contributed by atoms with Gasteiger partial charge < -0.3 is 24.2 Å². The normalized spacial score (nSPS) is 11.0. The van der Waals surface area contributed by atoms with Crippen LogP contribution < -0.4 is 9.47 Å². The zero-order valence-corrected chi connectivity index (χ0v) is 17.0. The minimum Gasteiger partial charge on any atom is -0.497 e. The van der Waals surface area contributed by atoms with Crippen LogP contribution in [0.2, 0.25) is 0 Å². The Labute approximate surface area is 172 Å². The lowest BCUT2D eigenvalue weighted by Crippen LogP contribution is -2.18. The highest BCUT2D eigenvalue weighted by atomic mass is 16.5. The van der Waals surface area contributed by atoms with Gasteiger partial charge in [0.25, 0.3) is 5.78 Å². The van der Waals surface area contributed by atoms with Crippen LogP contribution in [-0.2, 0) is 16.0 Å². The van der Waals surface area contributed by atoms with Crippen molar-refractivity contribution < 1.29 is 23.8 Å². The van der Waals surface area contributed by atoms with Crippen molar-refractivity contribution in [2.24, 2.45) is 0 Å². The summed E-state index contributed by atoms with van der Waals surface area (Å²) in [7, 11) is 3.18. The molecule has 2 aromatic heterocycles. The number of hydrogen-bond donors (Lipinski definition) is 2. The minimum absolute atomic E-state index is 0.133. The first-order valence-electron chi connectivity index (χ1n) is 9.60. The number of methoxy groups -OCH3 is 2. The molecule has 0 spiro atoms. The molecule has 7 heteroatoms. The van der Waals surface area contributed by atoms with Gasteiger partial charge in [0, 0.05) is 34.6 Å². The van der Waals surface area contributed by atoms with E-state index in [1.165, 1.54) is 0 Å². The Morgan fingerprint density at radius 1 is 1.03 bits per heavy atom. The standard InChI is InChI=1S/C23H22N2O5/c1-4-30-23(27)22(26)20-16-11-14(28-2)8-9-17(16)25-18(20)10-13-12-24-21-15(13)6-5-7-19(21)29-3/h5-9,11-12,24-25H,4,10H2,1-3H3. The third-order valence-electron chi connectivity index (χ3n) is 5.12. The number of benzene rings is 2. The van der Waals surface area contributed by atoms with E-state index in [2.05, 4.69) is 9.97 Å². The maximum atomic E-state index is 13.0. The number of nitrogens with one attached hydrogen (secondary N) is 2. The number of aromatic nitrogens is 2. The average molecular weight is 406 g/mol. The molecule has 0 saturated carbocycles. The van der Waals surface area contributed by atoms with Crippen LogP contribution in [0, 0.1) is 0 Å². The number of para-hydroxylation sites is 1. The molecule has 0 aliphatic carbocycles. The van der Waals surface area contributed by atoms with Crippen LogP contribution in [-0.4, -0.2) is 42.5 Å². The second-order valence-corrected chi connectivity index (χ2v) is 6.81. The quantitative estimate of drug-likeness (QED) is 0.275. The second kappa shape index (κ2) is 7.94. The lowest BCUT2D eigenvalue weighted by atomic mass is 10.0. The van der Waals surface area contributed by atoms with E-state index in [-0.39, 0.29) is 6.61 Å². The van der Waals surface area contributed by atoms with E-state index in [1.807, 2.05) is 30.5 Å². The van der Waals surface area contributed by atoms with Gasteiger partial charge in [0.1, 0.15) is 11.5 Å². The molecule has 154 valence electrons. The number of carbonyl (C=O) groups excluding carboxylic acids is 2. The van der Waals surface area contributed by atoms with Crippen molar-refractivity contribution in [3.8, 4) is 11.5 Å². The van der Waals surface area contributed by atoms with Crippen molar-refractivity contribution in [1.29, 1.82) is 0 Å². The van der Waals surface area contributed by atoms with Gasteiger partial charge in [0.2, 0.25) is 0 Å². The molecular formula is C23H22N2O5. The molecule has 0 saturated heterocycles. The molecule has 4 aromatic rings. The first-order chi connectivity index (χ1) is 14.6. The van der Waals surface area contributed by atoms with Crippen LogP contribution in [0.25, 0.3) is 21.8 Å². The van der Waals surface area contributed by atoms with Gasteiger partial charge in [0.15, 0.2) is 0 Å². The zero-order chi connectivity index (χ0) is 21.3. The van der Waals surface area contributed by atoms with Crippen molar-refractivity contribution in [2.45, 2.75) is 13.3 Å². The number of ketones is 1. The number of fused-ring (bicyclic) bond motifs is 2. The van der Waals surface area contributed by atoms with E-state index < -0.39 is 11.8 Å². The van der Waals surface area contributed by atoms with Gasteiger partial charge >= 0.3 is 5.97 Å². The number of hydrogen-bond acceptors (Lipinski definition) is 5. The van der Waals surface area contributed by atoms with Crippen LogP contribution >= 0.6 is 0 Å². The number of rotatable bonds is 7. The number of ether oxygens (including phenoxy) is 3.